The normalized spacial score (nSPS) is 14.9. The molecule has 0 amide bonds. The van der Waals surface area contributed by atoms with Crippen molar-refractivity contribution in [1.29, 1.82) is 5.26 Å². The van der Waals surface area contributed by atoms with Crippen LogP contribution in [0.15, 0.2) is 0 Å². The quantitative estimate of drug-likeness (QED) is 0.364. The number of rotatable bonds is 0. The van der Waals surface area contributed by atoms with Gasteiger partial charge in [-0.2, -0.15) is 0 Å². The van der Waals surface area contributed by atoms with E-state index in [1.54, 1.807) is 26.2 Å². The molecule has 0 aromatic carbocycles. The van der Waals surface area contributed by atoms with Crippen molar-refractivity contribution < 1.29 is 4.55 Å². The van der Waals surface area contributed by atoms with Gasteiger partial charge in [0.25, 0.3) is 0 Å². The van der Waals surface area contributed by atoms with Crippen molar-refractivity contribution >= 4 is 11.2 Å². The predicted molar refractivity (Wildman–Crippen MR) is 33.5 cm³/mol. The fourth-order valence-electron chi connectivity index (χ4n) is 0.137. The molecule has 0 aliphatic carbocycles. The van der Waals surface area contributed by atoms with Crippen LogP contribution in [0.25, 0.3) is 0 Å². The summed E-state index contributed by atoms with van der Waals surface area (Å²) < 4.78 is 10.2. The van der Waals surface area contributed by atoms with Gasteiger partial charge in [-0.15, -0.1) is 5.26 Å². The molecule has 0 rings (SSSR count). The zero-order valence-corrected chi connectivity index (χ0v) is 6.08. The molecule has 0 radical (unpaired) electrons. The molecule has 0 fully saturated rings. The summed E-state index contributed by atoms with van der Waals surface area (Å²) in [6, 6.07) is 0. The highest BCUT2D eigenvalue weighted by Gasteiger charge is 2.25. The summed E-state index contributed by atoms with van der Waals surface area (Å²) in [4.78, 5) is 0. The molecule has 0 bridgehead atoms. The van der Waals surface area contributed by atoms with Gasteiger partial charge in [0.1, 0.15) is 4.75 Å². The van der Waals surface area contributed by atoms with Crippen LogP contribution in [0.3, 0.4) is 0 Å². The van der Waals surface area contributed by atoms with E-state index in [9.17, 15) is 4.55 Å². The molecular formula is C5H9NOS. The summed E-state index contributed by atoms with van der Waals surface area (Å²) in [7, 11) is 0. The molecule has 0 aliphatic rings. The van der Waals surface area contributed by atoms with E-state index in [4.69, 9.17) is 5.26 Å². The highest BCUT2D eigenvalue weighted by atomic mass is 32.2. The Hall–Kier alpha value is -0.200. The maximum absolute atomic E-state index is 10.6. The molecule has 8 heavy (non-hydrogen) atoms. The second kappa shape index (κ2) is 2.38. The Kier molecular flexibility index (Phi) is 2.32. The van der Waals surface area contributed by atoms with Gasteiger partial charge in [-0.3, -0.25) is 0 Å². The van der Waals surface area contributed by atoms with Crippen molar-refractivity contribution in [3.05, 3.63) is 0 Å². The zero-order chi connectivity index (χ0) is 6.78. The van der Waals surface area contributed by atoms with E-state index in [1.165, 1.54) is 0 Å². The van der Waals surface area contributed by atoms with E-state index in [0.29, 0.717) is 0 Å². The predicted octanol–water partition coefficient (Wildman–Crippen LogP) is 1.01. The van der Waals surface area contributed by atoms with Gasteiger partial charge in [-0.05, 0) is 20.8 Å². The minimum absolute atomic E-state index is 0.380. The molecule has 0 heterocycles. The van der Waals surface area contributed by atoms with E-state index in [1.807, 2.05) is 0 Å². The Morgan fingerprint density at radius 3 is 1.88 bits per heavy atom. The summed E-state index contributed by atoms with van der Waals surface area (Å²) >= 11 is -1.34. The molecule has 0 saturated heterocycles. The molecule has 0 aromatic heterocycles. The van der Waals surface area contributed by atoms with Crippen LogP contribution in [-0.4, -0.2) is 9.30 Å². The van der Waals surface area contributed by atoms with Crippen LogP contribution < -0.4 is 0 Å². The summed E-state index contributed by atoms with van der Waals surface area (Å²) in [5.74, 6) is 0. The number of hydrogen-bond acceptors (Lipinski definition) is 2. The van der Waals surface area contributed by atoms with Crippen LogP contribution in [0.5, 0.6) is 0 Å². The highest BCUT2D eigenvalue weighted by Crippen LogP contribution is 2.13. The fourth-order valence-corrected chi connectivity index (χ4v) is 0.411. The van der Waals surface area contributed by atoms with Crippen molar-refractivity contribution in [2.75, 3.05) is 0 Å². The minimum atomic E-state index is -1.34. The van der Waals surface area contributed by atoms with E-state index in [0.717, 1.165) is 0 Å². The summed E-state index contributed by atoms with van der Waals surface area (Å²) in [6.45, 7) is 5.31. The first-order valence-corrected chi connectivity index (χ1v) is 3.45. The number of thiocyanates is 1. The first kappa shape index (κ1) is 7.80. The summed E-state index contributed by atoms with van der Waals surface area (Å²) in [5, 5.41) is 9.80. The van der Waals surface area contributed by atoms with Crippen LogP contribution in [0.4, 0.5) is 0 Å². The smallest absolute Gasteiger partial charge is 0.317 e. The third kappa shape index (κ3) is 2.20. The molecule has 46 valence electrons. The van der Waals surface area contributed by atoms with Crippen molar-refractivity contribution in [2.45, 2.75) is 25.5 Å². The lowest BCUT2D eigenvalue weighted by Crippen LogP contribution is -2.25. The van der Waals surface area contributed by atoms with Gasteiger partial charge < -0.3 is 4.55 Å². The Labute approximate surface area is 52.7 Å². The Balaban J connectivity index is 3.87. The summed E-state index contributed by atoms with van der Waals surface area (Å²) in [5.41, 5.74) is 0. The Bertz CT molecular complexity index is 111. The molecule has 0 aromatic rings. The zero-order valence-electron chi connectivity index (χ0n) is 5.26. The first-order valence-electron chi connectivity index (χ1n) is 2.30. The van der Waals surface area contributed by atoms with Crippen LogP contribution in [0.1, 0.15) is 20.8 Å². The molecule has 1 unspecified atom stereocenters. The van der Waals surface area contributed by atoms with Gasteiger partial charge in [0.2, 0.25) is 0 Å². The third-order valence-electron chi connectivity index (χ3n) is 0.639. The van der Waals surface area contributed by atoms with Crippen molar-refractivity contribution in [3.63, 3.8) is 0 Å². The second-order valence-electron chi connectivity index (χ2n) is 2.47. The lowest BCUT2D eigenvalue weighted by atomic mass is 10.3. The van der Waals surface area contributed by atoms with Crippen LogP contribution in [0.2, 0.25) is 0 Å². The maximum atomic E-state index is 10.6. The molecule has 0 N–H and O–H groups in total. The van der Waals surface area contributed by atoms with E-state index in [-0.39, 0.29) is 4.75 Å². The standard InChI is InChI=1S/C5H9NOS/c1-5(2,3)8(7)4-6/h1-3H3. The van der Waals surface area contributed by atoms with Gasteiger partial charge in [0.05, 0.1) is 11.2 Å². The van der Waals surface area contributed by atoms with Gasteiger partial charge in [0.15, 0.2) is 0 Å². The Morgan fingerprint density at radius 1 is 1.50 bits per heavy atom. The molecule has 2 nitrogen and oxygen atoms in total. The van der Waals surface area contributed by atoms with Crippen molar-refractivity contribution in [1.82, 2.24) is 0 Å². The number of nitriles is 1. The molecular weight excluding hydrogens is 122 g/mol. The van der Waals surface area contributed by atoms with Gasteiger partial charge in [0, 0.05) is 0 Å². The van der Waals surface area contributed by atoms with Gasteiger partial charge in [-0.25, -0.2) is 0 Å². The lowest BCUT2D eigenvalue weighted by molar-refractivity contribution is 0.570. The SMILES string of the molecule is CC(C)(C)[S+]([O-])C#N. The first-order chi connectivity index (χ1) is 3.48. The molecule has 3 heteroatoms. The minimum Gasteiger partial charge on any atom is -0.602 e. The van der Waals surface area contributed by atoms with E-state index < -0.39 is 11.2 Å². The van der Waals surface area contributed by atoms with Crippen molar-refractivity contribution in [3.8, 4) is 5.40 Å². The van der Waals surface area contributed by atoms with Gasteiger partial charge >= 0.3 is 5.40 Å². The maximum Gasteiger partial charge on any atom is 0.317 e. The topological polar surface area (TPSA) is 46.8 Å². The van der Waals surface area contributed by atoms with Crippen LogP contribution >= 0.6 is 0 Å². The second-order valence-corrected chi connectivity index (χ2v) is 4.42. The van der Waals surface area contributed by atoms with Crippen LogP contribution in [-0.2, 0) is 11.2 Å². The van der Waals surface area contributed by atoms with E-state index in [2.05, 4.69) is 0 Å². The monoisotopic (exact) mass is 131 g/mol. The number of hydrogen-bond donors (Lipinski definition) is 0. The highest BCUT2D eigenvalue weighted by molar-refractivity contribution is 7.97. The summed E-state index contributed by atoms with van der Waals surface area (Å²) in [6.07, 6.45) is 0. The lowest BCUT2D eigenvalue weighted by Gasteiger charge is -2.15. The molecule has 0 aliphatic heterocycles. The number of nitrogens with zero attached hydrogens (tertiary/aromatic N) is 1. The average molecular weight is 131 g/mol. The largest absolute Gasteiger partial charge is 0.602 e. The fraction of sp³-hybridized carbons (Fsp3) is 0.800. The molecule has 1 atom stereocenters. The van der Waals surface area contributed by atoms with E-state index >= 15 is 0 Å². The van der Waals surface area contributed by atoms with Gasteiger partial charge in [-0.1, -0.05) is 0 Å². The molecule has 0 saturated carbocycles. The van der Waals surface area contributed by atoms with Crippen LogP contribution in [0, 0.1) is 10.7 Å². The third-order valence-corrected chi connectivity index (χ3v) is 1.92. The Morgan fingerprint density at radius 2 is 1.88 bits per heavy atom. The van der Waals surface area contributed by atoms with Crippen molar-refractivity contribution in [2.24, 2.45) is 0 Å². The average Bonchev–Trinajstić information content (AvgIpc) is 1.62. The molecule has 0 spiro atoms.